The third kappa shape index (κ3) is 12.9. The minimum absolute atomic E-state index is 0.00458. The first-order chi connectivity index (χ1) is 29.5. The number of hydrogen-bond donors (Lipinski definition) is 7. The summed E-state index contributed by atoms with van der Waals surface area (Å²) in [6, 6.07) is 22.0. The van der Waals surface area contributed by atoms with Crippen LogP contribution in [0.4, 0.5) is 23.0 Å². The van der Waals surface area contributed by atoms with Crippen LogP contribution in [0.3, 0.4) is 0 Å². The molecule has 0 saturated carbocycles. The highest BCUT2D eigenvalue weighted by molar-refractivity contribution is 7.93. The van der Waals surface area contributed by atoms with E-state index in [1.807, 2.05) is 41.5 Å². The summed E-state index contributed by atoms with van der Waals surface area (Å²) in [6.07, 6.45) is 5.29. The number of nitrogens with one attached hydrogen (secondary N) is 2. The van der Waals surface area contributed by atoms with Crippen molar-refractivity contribution < 1.29 is 32.0 Å². The molecule has 0 saturated heterocycles. The summed E-state index contributed by atoms with van der Waals surface area (Å²) >= 11 is 12.0. The normalized spacial score (nSPS) is 11.9. The zero-order valence-electron chi connectivity index (χ0n) is 34.9. The van der Waals surface area contributed by atoms with Crippen molar-refractivity contribution in [2.45, 2.75) is 62.2 Å². The van der Waals surface area contributed by atoms with Crippen LogP contribution in [0.1, 0.15) is 80.0 Å². The third-order valence-electron chi connectivity index (χ3n) is 8.91. The number of anilines is 4. The molecule has 2 aromatic carbocycles. The molecule has 0 aliphatic rings. The highest BCUT2D eigenvalue weighted by Gasteiger charge is 2.24. The van der Waals surface area contributed by atoms with Crippen molar-refractivity contribution in [1.29, 1.82) is 0 Å². The van der Waals surface area contributed by atoms with E-state index in [1.54, 1.807) is 30.3 Å². The molecule has 0 spiro atoms. The number of oxime groups is 1. The molecule has 6 aromatic rings. The second-order valence-corrected chi connectivity index (χ2v) is 19.8. The molecule has 4 aromatic heterocycles. The summed E-state index contributed by atoms with van der Waals surface area (Å²) < 4.78 is 56.7. The van der Waals surface area contributed by atoms with E-state index < -0.39 is 25.8 Å². The summed E-state index contributed by atoms with van der Waals surface area (Å²) in [7, 11) is -7.94. The molecule has 21 heteroatoms. The predicted molar refractivity (Wildman–Crippen MR) is 245 cm³/mol. The van der Waals surface area contributed by atoms with E-state index in [0.717, 1.165) is 11.1 Å². The van der Waals surface area contributed by atoms with Crippen molar-refractivity contribution >= 4 is 77.8 Å². The van der Waals surface area contributed by atoms with Crippen LogP contribution >= 0.6 is 23.2 Å². The monoisotopic (exact) mass is 936 g/mol. The van der Waals surface area contributed by atoms with E-state index in [0.29, 0.717) is 5.56 Å². The molecule has 332 valence electrons. The van der Waals surface area contributed by atoms with Gasteiger partial charge in [0.15, 0.2) is 0 Å². The molecule has 4 heterocycles. The number of nitrogens with zero attached hydrogens (tertiary/aromatic N) is 5. The first-order valence-electron chi connectivity index (χ1n) is 18.5. The Morgan fingerprint density at radius 3 is 1.33 bits per heavy atom. The van der Waals surface area contributed by atoms with Crippen LogP contribution in [-0.4, -0.2) is 58.7 Å². The van der Waals surface area contributed by atoms with Gasteiger partial charge in [0.25, 0.3) is 20.0 Å². The van der Waals surface area contributed by atoms with E-state index in [1.165, 1.54) is 79.4 Å². The summed E-state index contributed by atoms with van der Waals surface area (Å²) in [5, 5.41) is 19.8. The van der Waals surface area contributed by atoms with E-state index in [-0.39, 0.29) is 76.3 Å². The zero-order valence-corrected chi connectivity index (χ0v) is 38.0. The standard InChI is InChI=1S/C21H22ClN5O3S.C21H21ClN4O3S.H3NO/c1-21(2,3)14-5-7-16(8-6-14)31(29,30)27-17-10-15(22)12-25-20(17)19(26-28)13-4-9-18(23)24-11-13;1-21(2,3)14-5-7-16(8-6-14)30(28,29)26-17-10-15(22)12-25-19(17)20(27)13-4-9-18(23)24-11-13;1-2/h4-12,27-28H,1-3H3,(H2,23,24);4-12,26H,1-3H3,(H2,23,24);2H,1H2/b26-19+;;. The summed E-state index contributed by atoms with van der Waals surface area (Å²) in [5.41, 5.74) is 13.6. The Morgan fingerprint density at radius 1 is 0.587 bits per heavy atom. The Hall–Kier alpha value is -6.22. The Kier molecular flexibility index (Phi) is 15.9. The zero-order chi connectivity index (χ0) is 46.9. The van der Waals surface area contributed by atoms with Gasteiger partial charge in [-0.3, -0.25) is 19.2 Å². The van der Waals surface area contributed by atoms with Gasteiger partial charge in [0.1, 0.15) is 28.7 Å². The molecule has 63 heavy (non-hydrogen) atoms. The predicted octanol–water partition coefficient (Wildman–Crippen LogP) is 7.41. The van der Waals surface area contributed by atoms with Crippen LogP contribution in [-0.2, 0) is 30.9 Å². The van der Waals surface area contributed by atoms with Crippen molar-refractivity contribution in [3.05, 3.63) is 153 Å². The van der Waals surface area contributed by atoms with Gasteiger partial charge in [-0.25, -0.2) is 37.7 Å². The second-order valence-electron chi connectivity index (χ2n) is 15.6. The molecule has 6 rings (SSSR count). The quantitative estimate of drug-likeness (QED) is 0.0305. The van der Waals surface area contributed by atoms with Gasteiger partial charge in [-0.15, -0.1) is 0 Å². The summed E-state index contributed by atoms with van der Waals surface area (Å²) in [6.45, 7) is 12.2. The largest absolute Gasteiger partial charge is 0.410 e. The molecule has 0 atom stereocenters. The van der Waals surface area contributed by atoms with Crippen molar-refractivity contribution in [3.63, 3.8) is 0 Å². The molecule has 0 bridgehead atoms. The second kappa shape index (κ2) is 20.3. The number of nitrogens with two attached hydrogens (primary N) is 3. The van der Waals surface area contributed by atoms with Gasteiger partial charge in [0.2, 0.25) is 5.78 Å². The van der Waals surface area contributed by atoms with E-state index >= 15 is 0 Å². The SMILES string of the molecule is CC(C)(C)c1ccc(S(=O)(=O)Nc2cc(Cl)cnc2/C(=N/O)c2ccc(N)nc2)cc1.CC(C)(C)c1ccc(S(=O)(=O)Nc2cc(Cl)cnc2C(=O)c2ccc(N)nc2)cc1.NO. The number of benzene rings is 2. The molecule has 0 aliphatic carbocycles. The van der Waals surface area contributed by atoms with Gasteiger partial charge in [0.05, 0.1) is 31.2 Å². The van der Waals surface area contributed by atoms with Crippen LogP contribution in [0.2, 0.25) is 10.0 Å². The molecule has 0 radical (unpaired) electrons. The molecule has 0 aliphatic heterocycles. The van der Waals surface area contributed by atoms with Gasteiger partial charge < -0.3 is 21.9 Å². The topological polar surface area (TPSA) is 292 Å². The number of halogens is 2. The Balaban J connectivity index is 0.000000266. The average Bonchev–Trinajstić information content (AvgIpc) is 3.23. The molecular weight excluding hydrogens is 892 g/mol. The Bertz CT molecular complexity index is 2800. The number of carbonyl (C=O) groups excluding carboxylic acids is 1. The van der Waals surface area contributed by atoms with E-state index in [2.05, 4.69) is 40.4 Å². The van der Waals surface area contributed by atoms with Crippen molar-refractivity contribution in [2.75, 3.05) is 20.9 Å². The average molecular weight is 938 g/mol. The maximum Gasteiger partial charge on any atom is 0.261 e. The number of ketones is 1. The Labute approximate surface area is 375 Å². The lowest BCUT2D eigenvalue weighted by Crippen LogP contribution is -2.18. The fraction of sp³-hybridized carbons (Fsp3) is 0.190. The van der Waals surface area contributed by atoms with Crippen LogP contribution in [0.25, 0.3) is 0 Å². The number of nitrogen functional groups attached to an aromatic ring is 2. The number of carbonyl (C=O) groups is 1. The van der Waals surface area contributed by atoms with Gasteiger partial charge in [-0.1, -0.05) is 94.2 Å². The van der Waals surface area contributed by atoms with Crippen molar-refractivity contribution in [2.24, 2.45) is 11.1 Å². The number of sulfonamides is 2. The number of hydrogen-bond acceptors (Lipinski definition) is 15. The highest BCUT2D eigenvalue weighted by atomic mass is 35.5. The van der Waals surface area contributed by atoms with Gasteiger partial charge in [0, 0.05) is 35.9 Å². The summed E-state index contributed by atoms with van der Waals surface area (Å²) in [4.78, 5) is 29.0. The molecule has 0 unspecified atom stereocenters. The summed E-state index contributed by atoms with van der Waals surface area (Å²) in [5.74, 6) is 3.53. The molecule has 10 N–H and O–H groups in total. The van der Waals surface area contributed by atoms with Crippen molar-refractivity contribution in [3.8, 4) is 0 Å². The lowest BCUT2D eigenvalue weighted by Gasteiger charge is -2.19. The smallest absolute Gasteiger partial charge is 0.261 e. The number of rotatable bonds is 10. The van der Waals surface area contributed by atoms with E-state index in [9.17, 15) is 26.8 Å². The number of pyridine rings is 4. The molecule has 0 amide bonds. The van der Waals surface area contributed by atoms with Crippen LogP contribution in [0.15, 0.2) is 125 Å². The molecule has 17 nitrogen and oxygen atoms in total. The minimum Gasteiger partial charge on any atom is -0.410 e. The lowest BCUT2D eigenvalue weighted by atomic mass is 9.87. The third-order valence-corrected chi connectivity index (χ3v) is 12.1. The van der Waals surface area contributed by atoms with Gasteiger partial charge >= 0.3 is 0 Å². The highest BCUT2D eigenvalue weighted by Crippen LogP contribution is 2.29. The maximum atomic E-state index is 13.0. The van der Waals surface area contributed by atoms with Gasteiger partial charge in [-0.2, -0.15) is 0 Å². The number of aromatic nitrogens is 4. The molecule has 0 fully saturated rings. The van der Waals surface area contributed by atoms with Crippen LogP contribution in [0.5, 0.6) is 0 Å². The van der Waals surface area contributed by atoms with E-state index in [4.69, 9.17) is 39.9 Å². The van der Waals surface area contributed by atoms with Gasteiger partial charge in [-0.05, 0) is 82.6 Å². The fourth-order valence-electron chi connectivity index (χ4n) is 5.54. The maximum absolute atomic E-state index is 13.0. The van der Waals surface area contributed by atoms with Crippen LogP contribution < -0.4 is 26.8 Å². The first kappa shape index (κ1) is 49.4. The minimum atomic E-state index is -3.97. The Morgan fingerprint density at radius 2 is 0.968 bits per heavy atom. The fourth-order valence-corrected chi connectivity index (χ4v) is 7.97. The first-order valence-corrected chi connectivity index (χ1v) is 22.2. The van der Waals surface area contributed by atoms with Crippen LogP contribution in [0, 0.1) is 0 Å². The van der Waals surface area contributed by atoms with Crippen molar-refractivity contribution in [1.82, 2.24) is 19.9 Å². The lowest BCUT2D eigenvalue weighted by molar-refractivity contribution is 0.103. The molecular formula is C42H46Cl2N10O7S2.